The van der Waals surface area contributed by atoms with Crippen molar-refractivity contribution in [2.24, 2.45) is 0 Å². The molecule has 0 unspecified atom stereocenters. The zero-order chi connectivity index (χ0) is 13.8. The van der Waals surface area contributed by atoms with Crippen LogP contribution in [0.25, 0.3) is 0 Å². The molecule has 19 heavy (non-hydrogen) atoms. The molecule has 97 valence electrons. The largest absolute Gasteiger partial charge is 0.658 e. The molecule has 0 aliphatic rings. The van der Waals surface area contributed by atoms with Gasteiger partial charge in [-0.25, -0.2) is 8.78 Å². The maximum atomic E-state index is 12.9. The third-order valence-corrected chi connectivity index (χ3v) is 2.30. The highest BCUT2D eigenvalue weighted by atomic mass is 19.1. The van der Waals surface area contributed by atoms with Gasteiger partial charge in [-0.15, -0.1) is 0 Å². The Hall–Kier alpha value is -2.44. The van der Waals surface area contributed by atoms with Crippen LogP contribution in [0.2, 0.25) is 0 Å². The van der Waals surface area contributed by atoms with Crippen molar-refractivity contribution in [2.45, 2.75) is 0 Å². The van der Waals surface area contributed by atoms with Crippen LogP contribution in [0.1, 0.15) is 0 Å². The van der Waals surface area contributed by atoms with Gasteiger partial charge < -0.3 is 20.8 Å². The molecule has 4 nitrogen and oxygen atoms in total. The van der Waals surface area contributed by atoms with Gasteiger partial charge in [0.2, 0.25) is 0 Å². The smallest absolute Gasteiger partial charge is 0.526 e. The minimum atomic E-state index is -0.528. The molecule has 0 aliphatic heterocycles. The fourth-order valence-electron chi connectivity index (χ4n) is 1.33. The van der Waals surface area contributed by atoms with Crippen molar-refractivity contribution in [1.29, 1.82) is 0 Å². The molecule has 0 saturated heterocycles. The molecule has 2 aromatic rings. The van der Waals surface area contributed by atoms with Gasteiger partial charge in [0.15, 0.2) is 0 Å². The molecule has 4 N–H and O–H groups in total. The number of hydrogen-bond donors (Lipinski definition) is 2. The van der Waals surface area contributed by atoms with E-state index in [1.165, 1.54) is 36.4 Å². The summed E-state index contributed by atoms with van der Waals surface area (Å²) in [6.07, 6.45) is 0. The van der Waals surface area contributed by atoms with Gasteiger partial charge in [0.05, 0.1) is 11.4 Å². The van der Waals surface area contributed by atoms with Gasteiger partial charge in [0, 0.05) is 12.1 Å². The summed E-state index contributed by atoms with van der Waals surface area (Å²) < 4.78 is 36.0. The van der Waals surface area contributed by atoms with Gasteiger partial charge in [0.1, 0.15) is 23.1 Å². The van der Waals surface area contributed by atoms with Crippen LogP contribution in [0, 0.1) is 11.6 Å². The number of nitrogens with two attached hydrogens (primary N) is 2. The van der Waals surface area contributed by atoms with Crippen molar-refractivity contribution in [3.05, 3.63) is 48.0 Å². The van der Waals surface area contributed by atoms with E-state index in [4.69, 9.17) is 20.8 Å². The third kappa shape index (κ3) is 3.28. The quantitative estimate of drug-likeness (QED) is 0.654. The van der Waals surface area contributed by atoms with E-state index in [0.29, 0.717) is 11.5 Å². The molecule has 0 heterocycles. The van der Waals surface area contributed by atoms with Crippen LogP contribution >= 0.6 is 0 Å². The Morgan fingerprint density at radius 2 is 1.21 bits per heavy atom. The highest BCUT2D eigenvalue weighted by Crippen LogP contribution is 2.20. The lowest BCUT2D eigenvalue weighted by atomic mass is 10.2. The van der Waals surface area contributed by atoms with Crippen LogP contribution in [0.4, 0.5) is 20.2 Å². The molecule has 0 fully saturated rings. The van der Waals surface area contributed by atoms with E-state index in [1.807, 2.05) is 0 Å². The minimum absolute atomic E-state index is 0.0306. The standard InChI is InChI=1S/C12H10BF2N2O2/c14-9-3-1-7(5-11(9)16)18-13-19-8-2-4-10(15)12(17)6-8/h1-6H,16-17H2. The molecule has 0 saturated carbocycles. The van der Waals surface area contributed by atoms with E-state index in [1.54, 1.807) is 0 Å². The minimum Gasteiger partial charge on any atom is -0.526 e. The average molecular weight is 263 g/mol. The van der Waals surface area contributed by atoms with Crippen molar-refractivity contribution in [1.82, 2.24) is 0 Å². The zero-order valence-corrected chi connectivity index (χ0v) is 9.77. The molecule has 0 atom stereocenters. The second-order valence-corrected chi connectivity index (χ2v) is 3.70. The fraction of sp³-hybridized carbons (Fsp3) is 0. The zero-order valence-electron chi connectivity index (χ0n) is 9.77. The second-order valence-electron chi connectivity index (χ2n) is 3.70. The van der Waals surface area contributed by atoms with Gasteiger partial charge in [-0.2, -0.15) is 0 Å². The molecule has 2 aromatic carbocycles. The number of halogens is 2. The monoisotopic (exact) mass is 263 g/mol. The molecule has 1 radical (unpaired) electrons. The summed E-state index contributed by atoms with van der Waals surface area (Å²) >= 11 is 0. The summed E-state index contributed by atoms with van der Waals surface area (Å²) in [7, 11) is 1.01. The lowest BCUT2D eigenvalue weighted by Gasteiger charge is -2.08. The maximum Gasteiger partial charge on any atom is 0.658 e. The van der Waals surface area contributed by atoms with E-state index in [9.17, 15) is 8.78 Å². The first-order chi connectivity index (χ1) is 9.06. The van der Waals surface area contributed by atoms with Gasteiger partial charge in [-0.05, 0) is 24.3 Å². The van der Waals surface area contributed by atoms with Crippen LogP contribution in [0.3, 0.4) is 0 Å². The summed E-state index contributed by atoms with van der Waals surface area (Å²) in [5.74, 6) is -0.429. The first kappa shape index (κ1) is 13.0. The number of rotatable bonds is 4. The highest BCUT2D eigenvalue weighted by Gasteiger charge is 2.06. The van der Waals surface area contributed by atoms with Crippen LogP contribution in [-0.4, -0.2) is 7.69 Å². The van der Waals surface area contributed by atoms with Crippen molar-refractivity contribution in [3.63, 3.8) is 0 Å². The summed E-state index contributed by atoms with van der Waals surface area (Å²) in [5.41, 5.74) is 10.7. The van der Waals surface area contributed by atoms with E-state index in [0.717, 1.165) is 7.69 Å². The van der Waals surface area contributed by atoms with Crippen LogP contribution in [-0.2, 0) is 0 Å². The van der Waals surface area contributed by atoms with Crippen LogP contribution in [0.5, 0.6) is 11.5 Å². The number of hydrogen-bond acceptors (Lipinski definition) is 4. The first-order valence-electron chi connectivity index (χ1n) is 5.31. The highest BCUT2D eigenvalue weighted by molar-refractivity contribution is 6.20. The van der Waals surface area contributed by atoms with Crippen LogP contribution in [0.15, 0.2) is 36.4 Å². The van der Waals surface area contributed by atoms with Crippen molar-refractivity contribution in [2.75, 3.05) is 11.5 Å². The summed E-state index contributed by atoms with van der Waals surface area (Å²) in [6, 6.07) is 7.76. The molecule has 0 aromatic heterocycles. The SMILES string of the molecule is Nc1cc(O[B]Oc2ccc(F)c(N)c2)ccc1F. The van der Waals surface area contributed by atoms with Crippen molar-refractivity contribution < 1.29 is 18.1 Å². The van der Waals surface area contributed by atoms with Crippen molar-refractivity contribution >= 4 is 19.1 Å². The Morgan fingerprint density at radius 3 is 1.58 bits per heavy atom. The Morgan fingerprint density at radius 1 is 0.789 bits per heavy atom. The van der Waals surface area contributed by atoms with E-state index in [-0.39, 0.29) is 11.4 Å². The molecule has 0 bridgehead atoms. The molecular weight excluding hydrogens is 253 g/mol. The van der Waals surface area contributed by atoms with E-state index < -0.39 is 11.6 Å². The molecule has 0 amide bonds. The lowest BCUT2D eigenvalue weighted by Crippen LogP contribution is -2.11. The fourth-order valence-corrected chi connectivity index (χ4v) is 1.33. The second kappa shape index (κ2) is 5.47. The molecule has 2 rings (SSSR count). The van der Waals surface area contributed by atoms with Gasteiger partial charge >= 0.3 is 7.69 Å². The number of nitrogen functional groups attached to an aromatic ring is 2. The normalized spacial score (nSPS) is 10.0. The Bertz CT molecular complexity index is 544. The summed E-state index contributed by atoms with van der Waals surface area (Å²) in [6.45, 7) is 0. The van der Waals surface area contributed by atoms with E-state index in [2.05, 4.69) is 0 Å². The Labute approximate surface area is 109 Å². The molecular formula is C12H10BF2N2O2. The predicted octanol–water partition coefficient (Wildman–Crippen LogP) is 2.12. The average Bonchev–Trinajstić information content (AvgIpc) is 2.38. The molecule has 0 aliphatic carbocycles. The molecule has 0 spiro atoms. The van der Waals surface area contributed by atoms with Gasteiger partial charge in [-0.1, -0.05) is 0 Å². The van der Waals surface area contributed by atoms with Crippen molar-refractivity contribution in [3.8, 4) is 11.5 Å². The Kier molecular flexibility index (Phi) is 3.75. The van der Waals surface area contributed by atoms with E-state index >= 15 is 0 Å². The number of benzene rings is 2. The molecule has 7 heteroatoms. The topological polar surface area (TPSA) is 70.5 Å². The first-order valence-corrected chi connectivity index (χ1v) is 5.31. The maximum absolute atomic E-state index is 12.9. The van der Waals surface area contributed by atoms with Crippen LogP contribution < -0.4 is 20.8 Å². The summed E-state index contributed by atoms with van der Waals surface area (Å²) in [5, 5.41) is 0. The van der Waals surface area contributed by atoms with Gasteiger partial charge in [-0.3, -0.25) is 0 Å². The Balaban J connectivity index is 1.92. The predicted molar refractivity (Wildman–Crippen MR) is 68.6 cm³/mol. The van der Waals surface area contributed by atoms with Gasteiger partial charge in [0.25, 0.3) is 0 Å². The third-order valence-electron chi connectivity index (χ3n) is 2.30. The summed E-state index contributed by atoms with van der Waals surface area (Å²) in [4.78, 5) is 0. The number of anilines is 2. The lowest BCUT2D eigenvalue weighted by molar-refractivity contribution is 0.457.